The molecule has 6 nitrogen and oxygen atoms in total. The molecule has 94 valence electrons. The van der Waals surface area contributed by atoms with Crippen LogP contribution in [0.25, 0.3) is 0 Å². The van der Waals surface area contributed by atoms with Gasteiger partial charge >= 0.3 is 5.97 Å². The van der Waals surface area contributed by atoms with Crippen LogP contribution < -0.4 is 5.32 Å². The van der Waals surface area contributed by atoms with Crippen molar-refractivity contribution in [2.24, 2.45) is 0 Å². The Morgan fingerprint density at radius 3 is 2.74 bits per heavy atom. The predicted molar refractivity (Wildman–Crippen MR) is 68.4 cm³/mol. The van der Waals surface area contributed by atoms with E-state index in [1.165, 1.54) is 6.20 Å². The van der Waals surface area contributed by atoms with Gasteiger partial charge in [-0.25, -0.2) is 14.8 Å². The van der Waals surface area contributed by atoms with E-state index in [-0.39, 0.29) is 5.69 Å². The van der Waals surface area contributed by atoms with E-state index in [0.29, 0.717) is 22.1 Å². The molecule has 0 saturated heterocycles. The molecular weight excluding hydrogens is 268 g/mol. The van der Waals surface area contributed by atoms with Gasteiger partial charge < -0.3 is 10.4 Å². The Morgan fingerprint density at radius 2 is 2.16 bits per heavy atom. The second kappa shape index (κ2) is 5.33. The summed E-state index contributed by atoms with van der Waals surface area (Å²) in [4.78, 5) is 18.2. The average Bonchev–Trinajstić information content (AvgIpc) is 2.39. The average molecular weight is 275 g/mol. The Labute approximate surface area is 113 Å². The molecule has 1 aromatic heterocycles. The van der Waals surface area contributed by atoms with Gasteiger partial charge in [-0.05, 0) is 18.2 Å². The molecule has 0 aliphatic heterocycles. The van der Waals surface area contributed by atoms with Crippen molar-refractivity contribution >= 4 is 29.1 Å². The zero-order valence-electron chi connectivity index (χ0n) is 9.46. The number of carboxylic acids is 1. The van der Waals surface area contributed by atoms with Gasteiger partial charge in [0.2, 0.25) is 0 Å². The molecule has 0 amide bonds. The zero-order valence-corrected chi connectivity index (χ0v) is 10.2. The Balaban J connectivity index is 2.28. The molecule has 0 aliphatic carbocycles. The van der Waals surface area contributed by atoms with Gasteiger partial charge in [0.25, 0.3) is 0 Å². The molecule has 0 fully saturated rings. The normalized spacial score (nSPS) is 9.68. The van der Waals surface area contributed by atoms with E-state index in [4.69, 9.17) is 22.0 Å². The summed E-state index contributed by atoms with van der Waals surface area (Å²) >= 11 is 5.84. The lowest BCUT2D eigenvalue weighted by molar-refractivity contribution is 0.0690. The number of hydrogen-bond donors (Lipinski definition) is 2. The number of nitrogens with zero attached hydrogens (tertiary/aromatic N) is 3. The molecule has 19 heavy (non-hydrogen) atoms. The van der Waals surface area contributed by atoms with Gasteiger partial charge in [-0.1, -0.05) is 11.6 Å². The maximum Gasteiger partial charge on any atom is 0.356 e. The van der Waals surface area contributed by atoms with Gasteiger partial charge in [0, 0.05) is 5.02 Å². The Hall–Kier alpha value is -2.65. The Bertz CT molecular complexity index is 664. The third-order valence-corrected chi connectivity index (χ3v) is 2.47. The number of carboxylic acid groups (broad SMARTS) is 1. The molecule has 2 N–H and O–H groups in total. The SMILES string of the molecule is N#Cc1ccc(Cl)cc1Nc1cnc(C(=O)O)cn1. The third-order valence-electron chi connectivity index (χ3n) is 2.24. The number of nitrogens with one attached hydrogen (secondary N) is 1. The number of carbonyl (C=O) groups is 1. The fourth-order valence-corrected chi connectivity index (χ4v) is 1.53. The van der Waals surface area contributed by atoms with Crippen molar-refractivity contribution in [3.8, 4) is 6.07 Å². The van der Waals surface area contributed by atoms with E-state index < -0.39 is 5.97 Å². The molecule has 0 atom stereocenters. The lowest BCUT2D eigenvalue weighted by atomic mass is 10.2. The van der Waals surface area contributed by atoms with E-state index in [1.807, 2.05) is 6.07 Å². The predicted octanol–water partition coefficient (Wildman–Crippen LogP) is 2.44. The second-order valence-electron chi connectivity index (χ2n) is 3.52. The first-order valence-corrected chi connectivity index (χ1v) is 5.50. The van der Waals surface area contributed by atoms with Gasteiger partial charge in [-0.3, -0.25) is 0 Å². The molecule has 0 radical (unpaired) electrons. The van der Waals surface area contributed by atoms with Gasteiger partial charge in [-0.2, -0.15) is 5.26 Å². The van der Waals surface area contributed by atoms with E-state index in [9.17, 15) is 4.79 Å². The van der Waals surface area contributed by atoms with Crippen LogP contribution in [0.5, 0.6) is 0 Å². The molecule has 1 aromatic carbocycles. The highest BCUT2D eigenvalue weighted by molar-refractivity contribution is 6.30. The summed E-state index contributed by atoms with van der Waals surface area (Å²) in [7, 11) is 0. The standard InChI is InChI=1S/C12H7ClN4O2/c13-8-2-1-7(4-14)9(3-8)17-11-6-15-10(5-16-11)12(18)19/h1-3,5-6H,(H,16,17)(H,18,19). The van der Waals surface area contributed by atoms with Gasteiger partial charge in [0.05, 0.1) is 23.6 Å². The molecule has 7 heteroatoms. The minimum Gasteiger partial charge on any atom is -0.476 e. The summed E-state index contributed by atoms with van der Waals surface area (Å²) in [6.45, 7) is 0. The molecule has 0 aliphatic rings. The lowest BCUT2D eigenvalue weighted by Crippen LogP contribution is -2.03. The molecule has 2 rings (SSSR count). The smallest absolute Gasteiger partial charge is 0.356 e. The number of aromatic nitrogens is 2. The lowest BCUT2D eigenvalue weighted by Gasteiger charge is -2.07. The summed E-state index contributed by atoms with van der Waals surface area (Å²) in [6.07, 6.45) is 2.40. The highest BCUT2D eigenvalue weighted by atomic mass is 35.5. The number of halogens is 1. The van der Waals surface area contributed by atoms with Crippen molar-refractivity contribution in [3.05, 3.63) is 46.9 Å². The van der Waals surface area contributed by atoms with Crippen LogP contribution in [0, 0.1) is 11.3 Å². The van der Waals surface area contributed by atoms with E-state index >= 15 is 0 Å². The molecule has 2 aromatic rings. The number of nitriles is 1. The highest BCUT2D eigenvalue weighted by Gasteiger charge is 2.07. The first-order valence-electron chi connectivity index (χ1n) is 5.12. The zero-order chi connectivity index (χ0) is 13.8. The van der Waals surface area contributed by atoms with Crippen molar-refractivity contribution in [1.29, 1.82) is 5.26 Å². The van der Waals surface area contributed by atoms with Gasteiger partial charge in [-0.15, -0.1) is 0 Å². The maximum absolute atomic E-state index is 10.6. The number of benzene rings is 1. The van der Waals surface area contributed by atoms with Crippen LogP contribution in [0.3, 0.4) is 0 Å². The van der Waals surface area contributed by atoms with Crippen molar-refractivity contribution in [3.63, 3.8) is 0 Å². The van der Waals surface area contributed by atoms with Crippen LogP contribution in [-0.2, 0) is 0 Å². The summed E-state index contributed by atoms with van der Waals surface area (Å²) in [5.74, 6) is -0.830. The summed E-state index contributed by atoms with van der Waals surface area (Å²) in [5.41, 5.74) is 0.720. The van der Waals surface area contributed by atoms with E-state index in [1.54, 1.807) is 18.2 Å². The van der Waals surface area contributed by atoms with Gasteiger partial charge in [0.15, 0.2) is 5.69 Å². The quantitative estimate of drug-likeness (QED) is 0.892. The molecule has 1 heterocycles. The molecular formula is C12H7ClN4O2. The summed E-state index contributed by atoms with van der Waals surface area (Å²) in [6, 6.07) is 6.76. The number of anilines is 2. The van der Waals surface area contributed by atoms with Crippen LogP contribution >= 0.6 is 11.6 Å². The van der Waals surface area contributed by atoms with Crippen LogP contribution in [0.2, 0.25) is 5.02 Å². The number of rotatable bonds is 3. The molecule has 0 spiro atoms. The molecule has 0 bridgehead atoms. The largest absolute Gasteiger partial charge is 0.476 e. The minimum absolute atomic E-state index is 0.155. The minimum atomic E-state index is -1.15. The second-order valence-corrected chi connectivity index (χ2v) is 3.96. The van der Waals surface area contributed by atoms with Gasteiger partial charge in [0.1, 0.15) is 11.9 Å². The van der Waals surface area contributed by atoms with Crippen LogP contribution in [0.15, 0.2) is 30.6 Å². The fourth-order valence-electron chi connectivity index (χ4n) is 1.36. The van der Waals surface area contributed by atoms with Crippen LogP contribution in [0.4, 0.5) is 11.5 Å². The first-order chi connectivity index (χ1) is 9.10. The van der Waals surface area contributed by atoms with E-state index in [2.05, 4.69) is 15.3 Å². The molecule has 0 unspecified atom stereocenters. The van der Waals surface area contributed by atoms with Crippen LogP contribution in [0.1, 0.15) is 16.1 Å². The summed E-state index contributed by atoms with van der Waals surface area (Å²) < 4.78 is 0. The van der Waals surface area contributed by atoms with Crippen molar-refractivity contribution < 1.29 is 9.90 Å². The van der Waals surface area contributed by atoms with E-state index in [0.717, 1.165) is 6.20 Å². The van der Waals surface area contributed by atoms with Crippen molar-refractivity contribution in [2.45, 2.75) is 0 Å². The molecule has 0 saturated carbocycles. The maximum atomic E-state index is 10.6. The number of aromatic carboxylic acids is 1. The third kappa shape index (κ3) is 2.97. The summed E-state index contributed by atoms with van der Waals surface area (Å²) in [5, 5.41) is 21.0. The fraction of sp³-hybridized carbons (Fsp3) is 0. The Morgan fingerprint density at radius 1 is 1.37 bits per heavy atom. The van der Waals surface area contributed by atoms with Crippen molar-refractivity contribution in [1.82, 2.24) is 9.97 Å². The highest BCUT2D eigenvalue weighted by Crippen LogP contribution is 2.23. The Kier molecular flexibility index (Phi) is 3.59. The topological polar surface area (TPSA) is 98.9 Å². The number of hydrogen-bond acceptors (Lipinski definition) is 5. The van der Waals surface area contributed by atoms with Crippen molar-refractivity contribution in [2.75, 3.05) is 5.32 Å². The van der Waals surface area contributed by atoms with Crippen LogP contribution in [-0.4, -0.2) is 21.0 Å². The monoisotopic (exact) mass is 274 g/mol. The first kappa shape index (κ1) is 12.8.